The zero-order valence-corrected chi connectivity index (χ0v) is 12.3. The molecule has 2 N–H and O–H groups in total. The van der Waals surface area contributed by atoms with Gasteiger partial charge in [0, 0.05) is 13.1 Å². The highest BCUT2D eigenvalue weighted by Gasteiger charge is 2.20. The van der Waals surface area contributed by atoms with E-state index in [-0.39, 0.29) is 11.8 Å². The van der Waals surface area contributed by atoms with Crippen molar-refractivity contribution in [1.29, 1.82) is 0 Å². The zero-order valence-electron chi connectivity index (χ0n) is 12.3. The standard InChI is InChI=1S/C18H22N2O/c21-18(17-6-3-10-19-13-17)20-11-9-14-7-8-15-4-1-2-5-16(15)12-14/h1-2,4-5,7-8,12,17,19H,3,6,9-11,13H2,(H,20,21). The third-order valence-corrected chi connectivity index (χ3v) is 4.19. The van der Waals surface area contributed by atoms with Crippen LogP contribution in [0.2, 0.25) is 0 Å². The van der Waals surface area contributed by atoms with Crippen LogP contribution in [0.3, 0.4) is 0 Å². The summed E-state index contributed by atoms with van der Waals surface area (Å²) in [5.41, 5.74) is 1.27. The summed E-state index contributed by atoms with van der Waals surface area (Å²) < 4.78 is 0. The number of amides is 1. The summed E-state index contributed by atoms with van der Waals surface area (Å²) in [5.74, 6) is 0.346. The number of carbonyl (C=O) groups excluding carboxylic acids is 1. The quantitative estimate of drug-likeness (QED) is 0.904. The van der Waals surface area contributed by atoms with Gasteiger partial charge in [-0.1, -0.05) is 42.5 Å². The Kier molecular flexibility index (Phi) is 4.51. The van der Waals surface area contributed by atoms with Gasteiger partial charge < -0.3 is 10.6 Å². The Bertz CT molecular complexity index is 617. The molecule has 0 saturated carbocycles. The third-order valence-electron chi connectivity index (χ3n) is 4.19. The second kappa shape index (κ2) is 6.72. The van der Waals surface area contributed by atoms with Crippen molar-refractivity contribution < 1.29 is 4.79 Å². The lowest BCUT2D eigenvalue weighted by Gasteiger charge is -2.21. The van der Waals surface area contributed by atoms with Gasteiger partial charge in [-0.15, -0.1) is 0 Å². The van der Waals surface area contributed by atoms with Crippen molar-refractivity contribution in [2.24, 2.45) is 5.92 Å². The van der Waals surface area contributed by atoms with E-state index in [1.165, 1.54) is 16.3 Å². The summed E-state index contributed by atoms with van der Waals surface area (Å²) in [4.78, 5) is 12.0. The van der Waals surface area contributed by atoms with Crippen LogP contribution in [0.25, 0.3) is 10.8 Å². The van der Waals surface area contributed by atoms with E-state index in [1.54, 1.807) is 0 Å². The van der Waals surface area contributed by atoms with Crippen LogP contribution in [-0.4, -0.2) is 25.5 Å². The lowest BCUT2D eigenvalue weighted by atomic mass is 9.99. The molecule has 1 saturated heterocycles. The van der Waals surface area contributed by atoms with E-state index in [4.69, 9.17) is 0 Å². The van der Waals surface area contributed by atoms with E-state index >= 15 is 0 Å². The van der Waals surface area contributed by atoms with Gasteiger partial charge in [0.1, 0.15) is 0 Å². The number of fused-ring (bicyclic) bond motifs is 1. The van der Waals surface area contributed by atoms with Gasteiger partial charge in [-0.2, -0.15) is 0 Å². The maximum Gasteiger partial charge on any atom is 0.224 e. The van der Waals surface area contributed by atoms with Crippen molar-refractivity contribution in [2.75, 3.05) is 19.6 Å². The molecular formula is C18H22N2O. The minimum Gasteiger partial charge on any atom is -0.355 e. The molecule has 0 spiro atoms. The molecule has 0 bridgehead atoms. The minimum absolute atomic E-state index is 0.148. The topological polar surface area (TPSA) is 41.1 Å². The van der Waals surface area contributed by atoms with Gasteiger partial charge in [0.15, 0.2) is 0 Å². The molecule has 1 fully saturated rings. The molecule has 3 nitrogen and oxygen atoms in total. The summed E-state index contributed by atoms with van der Waals surface area (Å²) in [7, 11) is 0. The van der Waals surface area contributed by atoms with Crippen LogP contribution in [-0.2, 0) is 11.2 Å². The van der Waals surface area contributed by atoms with Crippen LogP contribution in [0.5, 0.6) is 0 Å². The van der Waals surface area contributed by atoms with Gasteiger partial charge in [0.25, 0.3) is 0 Å². The van der Waals surface area contributed by atoms with Gasteiger partial charge in [-0.05, 0) is 42.1 Å². The molecule has 1 atom stereocenters. The number of nitrogens with one attached hydrogen (secondary N) is 2. The number of piperidine rings is 1. The van der Waals surface area contributed by atoms with E-state index in [9.17, 15) is 4.79 Å². The zero-order chi connectivity index (χ0) is 14.5. The lowest BCUT2D eigenvalue weighted by molar-refractivity contribution is -0.125. The van der Waals surface area contributed by atoms with Crippen molar-refractivity contribution in [3.8, 4) is 0 Å². The molecule has 0 aromatic heterocycles. The number of rotatable bonds is 4. The molecule has 110 valence electrons. The maximum absolute atomic E-state index is 12.0. The highest BCUT2D eigenvalue weighted by molar-refractivity contribution is 5.83. The lowest BCUT2D eigenvalue weighted by Crippen LogP contribution is -2.41. The van der Waals surface area contributed by atoms with E-state index in [2.05, 4.69) is 53.1 Å². The third kappa shape index (κ3) is 3.61. The molecule has 3 heteroatoms. The molecule has 1 heterocycles. The summed E-state index contributed by atoms with van der Waals surface area (Å²) in [6.45, 7) is 2.58. The molecule has 0 radical (unpaired) electrons. The van der Waals surface area contributed by atoms with Crippen molar-refractivity contribution in [1.82, 2.24) is 10.6 Å². The van der Waals surface area contributed by atoms with Crippen molar-refractivity contribution in [2.45, 2.75) is 19.3 Å². The van der Waals surface area contributed by atoms with E-state index in [0.717, 1.165) is 32.4 Å². The molecular weight excluding hydrogens is 260 g/mol. The Morgan fingerprint density at radius 3 is 2.86 bits per heavy atom. The maximum atomic E-state index is 12.0. The highest BCUT2D eigenvalue weighted by Crippen LogP contribution is 2.16. The first-order chi connectivity index (χ1) is 10.3. The Balaban J connectivity index is 1.53. The van der Waals surface area contributed by atoms with E-state index in [0.29, 0.717) is 6.54 Å². The second-order valence-corrected chi connectivity index (χ2v) is 5.77. The van der Waals surface area contributed by atoms with Gasteiger partial charge in [-0.3, -0.25) is 4.79 Å². The van der Waals surface area contributed by atoms with Crippen molar-refractivity contribution in [3.63, 3.8) is 0 Å². The van der Waals surface area contributed by atoms with Gasteiger partial charge >= 0.3 is 0 Å². The van der Waals surface area contributed by atoms with Crippen LogP contribution >= 0.6 is 0 Å². The predicted octanol–water partition coefficient (Wildman–Crippen LogP) is 2.50. The number of hydrogen-bond donors (Lipinski definition) is 2. The number of hydrogen-bond acceptors (Lipinski definition) is 2. The van der Waals surface area contributed by atoms with Crippen LogP contribution in [0.4, 0.5) is 0 Å². The molecule has 1 amide bonds. The molecule has 1 unspecified atom stereocenters. The first kappa shape index (κ1) is 14.1. The average molecular weight is 282 g/mol. The monoisotopic (exact) mass is 282 g/mol. The van der Waals surface area contributed by atoms with Crippen molar-refractivity contribution >= 4 is 16.7 Å². The van der Waals surface area contributed by atoms with Crippen molar-refractivity contribution in [3.05, 3.63) is 48.0 Å². The Morgan fingerprint density at radius 1 is 1.19 bits per heavy atom. The molecule has 0 aliphatic carbocycles. The smallest absolute Gasteiger partial charge is 0.224 e. The Morgan fingerprint density at radius 2 is 2.05 bits per heavy atom. The fraction of sp³-hybridized carbons (Fsp3) is 0.389. The molecule has 21 heavy (non-hydrogen) atoms. The SMILES string of the molecule is O=C(NCCc1ccc2ccccc2c1)C1CCCNC1. The molecule has 2 aromatic rings. The molecule has 1 aliphatic heterocycles. The first-order valence-corrected chi connectivity index (χ1v) is 7.79. The van der Waals surface area contributed by atoms with Crippen LogP contribution in [0.1, 0.15) is 18.4 Å². The Hall–Kier alpha value is -1.87. The van der Waals surface area contributed by atoms with Gasteiger partial charge in [-0.25, -0.2) is 0 Å². The highest BCUT2D eigenvalue weighted by atomic mass is 16.1. The summed E-state index contributed by atoms with van der Waals surface area (Å²) in [5, 5.41) is 8.88. The summed E-state index contributed by atoms with van der Waals surface area (Å²) in [6.07, 6.45) is 2.99. The minimum atomic E-state index is 0.148. The molecule has 2 aromatic carbocycles. The second-order valence-electron chi connectivity index (χ2n) is 5.77. The number of benzene rings is 2. The predicted molar refractivity (Wildman–Crippen MR) is 86.3 cm³/mol. The number of carbonyl (C=O) groups is 1. The molecule has 1 aliphatic rings. The molecule has 3 rings (SSSR count). The normalized spacial score (nSPS) is 18.6. The Labute approximate surface area is 125 Å². The fourth-order valence-electron chi connectivity index (χ4n) is 2.94. The fourth-order valence-corrected chi connectivity index (χ4v) is 2.94. The summed E-state index contributed by atoms with van der Waals surface area (Å²) in [6, 6.07) is 14.9. The first-order valence-electron chi connectivity index (χ1n) is 7.79. The van der Waals surface area contributed by atoms with Crippen LogP contribution in [0, 0.1) is 5.92 Å². The van der Waals surface area contributed by atoms with E-state index in [1.807, 2.05) is 0 Å². The average Bonchev–Trinajstić information content (AvgIpc) is 2.55. The van der Waals surface area contributed by atoms with Crippen LogP contribution in [0.15, 0.2) is 42.5 Å². The van der Waals surface area contributed by atoms with Crippen LogP contribution < -0.4 is 10.6 Å². The largest absolute Gasteiger partial charge is 0.355 e. The van der Waals surface area contributed by atoms with E-state index < -0.39 is 0 Å². The summed E-state index contributed by atoms with van der Waals surface area (Å²) >= 11 is 0. The van der Waals surface area contributed by atoms with Gasteiger partial charge in [0.05, 0.1) is 5.92 Å². The van der Waals surface area contributed by atoms with Gasteiger partial charge in [0.2, 0.25) is 5.91 Å².